The predicted octanol–water partition coefficient (Wildman–Crippen LogP) is 4.80. The zero-order valence-corrected chi connectivity index (χ0v) is 16.4. The molecule has 0 saturated heterocycles. The maximum absolute atomic E-state index is 13.0. The molecular weight excluding hydrogens is 328 g/mol. The van der Waals surface area contributed by atoms with E-state index in [1.807, 2.05) is 26.0 Å². The van der Waals surface area contributed by atoms with Crippen LogP contribution in [0.4, 0.5) is 0 Å². The fourth-order valence-corrected chi connectivity index (χ4v) is 3.92. The molecule has 1 aliphatic rings. The van der Waals surface area contributed by atoms with Gasteiger partial charge in [0.15, 0.2) is 17.3 Å². The molecule has 1 aliphatic carbocycles. The summed E-state index contributed by atoms with van der Waals surface area (Å²) < 4.78 is 11.4. The molecule has 4 nitrogen and oxygen atoms in total. The minimum absolute atomic E-state index is 0.0119. The first-order valence-electron chi connectivity index (χ1n) is 9.02. The van der Waals surface area contributed by atoms with E-state index in [1.54, 1.807) is 14.2 Å². The third-order valence-corrected chi connectivity index (χ3v) is 5.50. The second-order valence-electron chi connectivity index (χ2n) is 7.74. The van der Waals surface area contributed by atoms with Crippen LogP contribution in [0.25, 0.3) is 10.8 Å². The standard InChI is InChI=1S/C22H26O4/c1-12(2)14-11-13-7-8-15-19(18(13)21(26-6)20(14)25-5)16(23)9-10-17(24)22(15,3)4/h7-8,11-12H,9-10H2,1-6H3. The Balaban J connectivity index is 2.51. The van der Waals surface area contributed by atoms with Gasteiger partial charge in [0, 0.05) is 34.8 Å². The van der Waals surface area contributed by atoms with Gasteiger partial charge in [-0.1, -0.05) is 26.0 Å². The highest BCUT2D eigenvalue weighted by molar-refractivity contribution is 6.16. The third kappa shape index (κ3) is 2.59. The lowest BCUT2D eigenvalue weighted by molar-refractivity contribution is -0.123. The number of carbonyl (C=O) groups excluding carboxylic acids is 2. The molecular formula is C22H26O4. The van der Waals surface area contributed by atoms with Crippen molar-refractivity contribution in [2.45, 2.75) is 51.9 Å². The number of Topliss-reactive ketones (excluding diaryl/α,β-unsaturated/α-hetero) is 2. The van der Waals surface area contributed by atoms with Crippen LogP contribution >= 0.6 is 0 Å². The van der Waals surface area contributed by atoms with E-state index in [1.165, 1.54) is 0 Å². The maximum atomic E-state index is 13.0. The minimum Gasteiger partial charge on any atom is -0.493 e. The third-order valence-electron chi connectivity index (χ3n) is 5.50. The summed E-state index contributed by atoms with van der Waals surface area (Å²) in [5.41, 5.74) is 1.71. The van der Waals surface area contributed by atoms with Crippen LogP contribution < -0.4 is 9.47 Å². The summed E-state index contributed by atoms with van der Waals surface area (Å²) in [4.78, 5) is 25.6. The molecule has 138 valence electrons. The van der Waals surface area contributed by atoms with Crippen molar-refractivity contribution in [1.82, 2.24) is 0 Å². The fourth-order valence-electron chi connectivity index (χ4n) is 3.92. The van der Waals surface area contributed by atoms with Crippen LogP contribution in [0.5, 0.6) is 11.5 Å². The van der Waals surface area contributed by atoms with Gasteiger partial charge in [-0.05, 0) is 36.8 Å². The van der Waals surface area contributed by atoms with E-state index in [0.29, 0.717) is 17.1 Å². The molecule has 0 radical (unpaired) electrons. The van der Waals surface area contributed by atoms with Gasteiger partial charge in [0.25, 0.3) is 0 Å². The Morgan fingerprint density at radius 1 is 1.00 bits per heavy atom. The van der Waals surface area contributed by atoms with Crippen LogP contribution in [0.15, 0.2) is 18.2 Å². The average Bonchev–Trinajstić information content (AvgIpc) is 2.69. The van der Waals surface area contributed by atoms with Crippen LogP contribution in [-0.4, -0.2) is 25.8 Å². The quantitative estimate of drug-likeness (QED) is 0.743. The molecule has 2 aromatic carbocycles. The predicted molar refractivity (Wildman–Crippen MR) is 103 cm³/mol. The van der Waals surface area contributed by atoms with E-state index in [9.17, 15) is 9.59 Å². The number of ketones is 2. The van der Waals surface area contributed by atoms with E-state index in [2.05, 4.69) is 19.9 Å². The first kappa shape index (κ1) is 18.4. The summed E-state index contributed by atoms with van der Waals surface area (Å²) in [6, 6.07) is 5.97. The Hall–Kier alpha value is -2.36. The first-order chi connectivity index (χ1) is 12.2. The van der Waals surface area contributed by atoms with Crippen molar-refractivity contribution in [1.29, 1.82) is 0 Å². The number of methoxy groups -OCH3 is 2. The molecule has 0 aromatic heterocycles. The topological polar surface area (TPSA) is 52.6 Å². The number of benzene rings is 2. The zero-order valence-electron chi connectivity index (χ0n) is 16.4. The van der Waals surface area contributed by atoms with Crippen molar-refractivity contribution in [2.75, 3.05) is 14.2 Å². The van der Waals surface area contributed by atoms with E-state index in [0.717, 1.165) is 21.9 Å². The second-order valence-corrected chi connectivity index (χ2v) is 7.74. The number of fused-ring (bicyclic) bond motifs is 3. The molecule has 0 amide bonds. The van der Waals surface area contributed by atoms with Gasteiger partial charge >= 0.3 is 0 Å². The molecule has 26 heavy (non-hydrogen) atoms. The molecule has 2 aromatic rings. The summed E-state index contributed by atoms with van der Waals surface area (Å²) in [5, 5.41) is 1.68. The molecule has 0 atom stereocenters. The van der Waals surface area contributed by atoms with Crippen LogP contribution in [0.2, 0.25) is 0 Å². The summed E-state index contributed by atoms with van der Waals surface area (Å²) in [6.07, 6.45) is 0.497. The lowest BCUT2D eigenvalue weighted by atomic mass is 9.77. The van der Waals surface area contributed by atoms with E-state index >= 15 is 0 Å². The van der Waals surface area contributed by atoms with Gasteiger partial charge in [-0.2, -0.15) is 0 Å². The highest BCUT2D eigenvalue weighted by Crippen LogP contribution is 2.46. The lowest BCUT2D eigenvalue weighted by Crippen LogP contribution is -2.28. The molecule has 0 N–H and O–H groups in total. The van der Waals surface area contributed by atoms with Gasteiger partial charge in [-0.25, -0.2) is 0 Å². The van der Waals surface area contributed by atoms with Crippen molar-refractivity contribution in [3.05, 3.63) is 34.9 Å². The highest BCUT2D eigenvalue weighted by atomic mass is 16.5. The van der Waals surface area contributed by atoms with Crippen LogP contribution in [0.3, 0.4) is 0 Å². The van der Waals surface area contributed by atoms with Crippen LogP contribution in [-0.2, 0) is 10.2 Å². The van der Waals surface area contributed by atoms with Crippen molar-refractivity contribution >= 4 is 22.3 Å². The molecule has 0 heterocycles. The minimum atomic E-state index is -0.704. The summed E-state index contributed by atoms with van der Waals surface area (Å²) in [6.45, 7) is 7.98. The molecule has 0 saturated carbocycles. The monoisotopic (exact) mass is 354 g/mol. The van der Waals surface area contributed by atoms with Crippen molar-refractivity contribution in [2.24, 2.45) is 0 Å². The molecule has 0 aliphatic heterocycles. The van der Waals surface area contributed by atoms with Gasteiger partial charge in [0.2, 0.25) is 0 Å². The maximum Gasteiger partial charge on any atom is 0.169 e. The Kier molecular flexibility index (Phi) is 4.55. The average molecular weight is 354 g/mol. The Labute approximate surface area is 154 Å². The van der Waals surface area contributed by atoms with Gasteiger partial charge in [0.1, 0.15) is 5.78 Å². The molecule has 0 bridgehead atoms. The van der Waals surface area contributed by atoms with E-state index < -0.39 is 5.41 Å². The molecule has 3 rings (SSSR count). The number of hydrogen-bond donors (Lipinski definition) is 0. The van der Waals surface area contributed by atoms with E-state index in [4.69, 9.17) is 9.47 Å². The Morgan fingerprint density at radius 3 is 2.23 bits per heavy atom. The normalized spacial score (nSPS) is 16.6. The molecule has 0 fully saturated rings. The van der Waals surface area contributed by atoms with Crippen molar-refractivity contribution in [3.63, 3.8) is 0 Å². The lowest BCUT2D eigenvalue weighted by Gasteiger charge is -2.26. The van der Waals surface area contributed by atoms with Gasteiger partial charge < -0.3 is 9.47 Å². The first-order valence-corrected chi connectivity index (χ1v) is 9.02. The van der Waals surface area contributed by atoms with Gasteiger partial charge in [-0.3, -0.25) is 9.59 Å². The summed E-state index contributed by atoms with van der Waals surface area (Å²) in [5.74, 6) is 1.56. The van der Waals surface area contributed by atoms with Crippen LogP contribution in [0, 0.1) is 0 Å². The van der Waals surface area contributed by atoms with Crippen molar-refractivity contribution in [3.8, 4) is 11.5 Å². The molecule has 0 unspecified atom stereocenters. The largest absolute Gasteiger partial charge is 0.493 e. The Morgan fingerprint density at radius 2 is 1.65 bits per heavy atom. The summed E-state index contributed by atoms with van der Waals surface area (Å²) >= 11 is 0. The number of rotatable bonds is 3. The van der Waals surface area contributed by atoms with Crippen LogP contribution in [0.1, 0.15) is 67.9 Å². The Bertz CT molecular complexity index is 906. The number of hydrogen-bond acceptors (Lipinski definition) is 4. The van der Waals surface area contributed by atoms with Gasteiger partial charge in [-0.15, -0.1) is 0 Å². The SMILES string of the molecule is COc1c(C(C)C)cc2ccc3c(c2c1OC)C(=O)CCC(=O)C3(C)C. The fraction of sp³-hybridized carbons (Fsp3) is 0.455. The highest BCUT2D eigenvalue weighted by Gasteiger charge is 2.38. The van der Waals surface area contributed by atoms with Crippen molar-refractivity contribution < 1.29 is 19.1 Å². The van der Waals surface area contributed by atoms with E-state index in [-0.39, 0.29) is 30.3 Å². The van der Waals surface area contributed by atoms with Gasteiger partial charge in [0.05, 0.1) is 14.2 Å². The number of ether oxygens (including phenoxy) is 2. The number of carbonyl (C=O) groups is 2. The zero-order chi connectivity index (χ0) is 19.2. The molecule has 4 heteroatoms. The summed E-state index contributed by atoms with van der Waals surface area (Å²) in [7, 11) is 3.21. The second kappa shape index (κ2) is 6.42. The molecule has 0 spiro atoms. The smallest absolute Gasteiger partial charge is 0.169 e.